The van der Waals surface area contributed by atoms with Crippen LogP contribution in [0.2, 0.25) is 0 Å². The minimum Gasteiger partial charge on any atom is -0.398 e. The van der Waals surface area contributed by atoms with E-state index in [1.165, 1.54) is 16.9 Å². The number of benzene rings is 1. The minimum atomic E-state index is 0.493. The number of fused-ring (bicyclic) bond motifs is 1. The third-order valence-corrected chi connectivity index (χ3v) is 4.52. The molecule has 20 heavy (non-hydrogen) atoms. The summed E-state index contributed by atoms with van der Waals surface area (Å²) in [6, 6.07) is 4.31. The zero-order valence-corrected chi connectivity index (χ0v) is 13.2. The van der Waals surface area contributed by atoms with Gasteiger partial charge < -0.3 is 10.6 Å². The number of rotatable bonds is 3. The predicted octanol–water partition coefficient (Wildman–Crippen LogP) is 4.47. The molecule has 0 radical (unpaired) electrons. The number of anilines is 2. The van der Waals surface area contributed by atoms with Crippen molar-refractivity contribution >= 4 is 16.9 Å². The molecule has 0 amide bonds. The predicted molar refractivity (Wildman–Crippen MR) is 89.8 cm³/mol. The molecule has 0 fully saturated rings. The standard InChI is InChI=1S/C18H26N2/c1-7-12(4)16-10-18-14(9-17(16)19)8-15(11(2)3)13(5)20(18)6/h9-11,15H,4-5,7-8,19H2,1-3,6H3. The van der Waals surface area contributed by atoms with Crippen molar-refractivity contribution in [2.75, 3.05) is 17.7 Å². The lowest BCUT2D eigenvalue weighted by Gasteiger charge is -2.38. The highest BCUT2D eigenvalue weighted by molar-refractivity contribution is 5.79. The van der Waals surface area contributed by atoms with Gasteiger partial charge in [0.25, 0.3) is 0 Å². The van der Waals surface area contributed by atoms with E-state index >= 15 is 0 Å². The SMILES string of the molecule is C=C(CC)c1cc2c(cc1N)CC(C(C)C)C(=C)N2C. The zero-order valence-electron chi connectivity index (χ0n) is 13.2. The summed E-state index contributed by atoms with van der Waals surface area (Å²) in [5.74, 6) is 1.08. The minimum absolute atomic E-state index is 0.493. The van der Waals surface area contributed by atoms with Crippen LogP contribution in [0.25, 0.3) is 5.57 Å². The monoisotopic (exact) mass is 270 g/mol. The fourth-order valence-electron chi connectivity index (χ4n) is 3.00. The van der Waals surface area contributed by atoms with Crippen LogP contribution in [0, 0.1) is 11.8 Å². The maximum atomic E-state index is 6.22. The molecule has 1 aromatic rings. The van der Waals surface area contributed by atoms with Gasteiger partial charge in [-0.1, -0.05) is 33.9 Å². The molecular formula is C18H26N2. The van der Waals surface area contributed by atoms with Gasteiger partial charge in [-0.05, 0) is 42.0 Å². The van der Waals surface area contributed by atoms with Crippen molar-refractivity contribution in [3.05, 3.63) is 42.1 Å². The third kappa shape index (κ3) is 2.35. The van der Waals surface area contributed by atoms with Gasteiger partial charge in [-0.2, -0.15) is 0 Å². The van der Waals surface area contributed by atoms with Crippen LogP contribution in [0.1, 0.15) is 38.3 Å². The fraction of sp³-hybridized carbons (Fsp3) is 0.444. The van der Waals surface area contributed by atoms with Gasteiger partial charge in [0.1, 0.15) is 0 Å². The van der Waals surface area contributed by atoms with Gasteiger partial charge in [-0.3, -0.25) is 0 Å². The first-order chi connectivity index (χ1) is 9.36. The topological polar surface area (TPSA) is 29.3 Å². The molecule has 0 aliphatic carbocycles. The Morgan fingerprint density at radius 1 is 1.45 bits per heavy atom. The molecule has 0 aromatic heterocycles. The second-order valence-electron chi connectivity index (χ2n) is 6.13. The summed E-state index contributed by atoms with van der Waals surface area (Å²) in [7, 11) is 2.10. The first-order valence-corrected chi connectivity index (χ1v) is 7.39. The lowest BCUT2D eigenvalue weighted by molar-refractivity contribution is 0.425. The Hall–Kier alpha value is -1.70. The number of hydrogen-bond donors (Lipinski definition) is 1. The molecule has 1 atom stereocenters. The van der Waals surface area contributed by atoms with Gasteiger partial charge in [0, 0.05) is 35.6 Å². The molecule has 1 heterocycles. The summed E-state index contributed by atoms with van der Waals surface area (Å²) >= 11 is 0. The molecule has 0 spiro atoms. The smallest absolute Gasteiger partial charge is 0.0445 e. The van der Waals surface area contributed by atoms with Gasteiger partial charge in [-0.15, -0.1) is 0 Å². The van der Waals surface area contributed by atoms with Crippen LogP contribution in [0.3, 0.4) is 0 Å². The van der Waals surface area contributed by atoms with Crippen LogP contribution in [0.4, 0.5) is 11.4 Å². The molecule has 2 N–H and O–H groups in total. The second kappa shape index (κ2) is 5.35. The van der Waals surface area contributed by atoms with Gasteiger partial charge in [0.15, 0.2) is 0 Å². The Morgan fingerprint density at radius 3 is 2.65 bits per heavy atom. The maximum absolute atomic E-state index is 6.22. The lowest BCUT2D eigenvalue weighted by Crippen LogP contribution is -2.32. The number of hydrogen-bond acceptors (Lipinski definition) is 2. The highest BCUT2D eigenvalue weighted by atomic mass is 15.1. The van der Waals surface area contributed by atoms with E-state index in [9.17, 15) is 0 Å². The van der Waals surface area contributed by atoms with E-state index in [4.69, 9.17) is 5.73 Å². The largest absolute Gasteiger partial charge is 0.398 e. The van der Waals surface area contributed by atoms with Gasteiger partial charge >= 0.3 is 0 Å². The van der Waals surface area contributed by atoms with E-state index in [2.05, 4.69) is 58.0 Å². The van der Waals surface area contributed by atoms with Crippen LogP contribution in [-0.2, 0) is 6.42 Å². The number of nitrogens with two attached hydrogens (primary N) is 1. The quantitative estimate of drug-likeness (QED) is 0.821. The summed E-state index contributed by atoms with van der Waals surface area (Å²) in [4.78, 5) is 2.22. The second-order valence-corrected chi connectivity index (χ2v) is 6.13. The van der Waals surface area contributed by atoms with Crippen LogP contribution >= 0.6 is 0 Å². The Labute approximate surface area is 123 Å². The van der Waals surface area contributed by atoms with E-state index in [0.29, 0.717) is 11.8 Å². The van der Waals surface area contributed by atoms with Gasteiger partial charge in [0.2, 0.25) is 0 Å². The Bertz CT molecular complexity index is 555. The highest BCUT2D eigenvalue weighted by Crippen LogP contribution is 2.40. The molecule has 0 saturated carbocycles. The average Bonchev–Trinajstić information content (AvgIpc) is 2.41. The first-order valence-electron chi connectivity index (χ1n) is 7.39. The van der Waals surface area contributed by atoms with E-state index < -0.39 is 0 Å². The number of nitrogen functional groups attached to an aromatic ring is 1. The van der Waals surface area contributed by atoms with Crippen LogP contribution in [-0.4, -0.2) is 7.05 Å². The van der Waals surface area contributed by atoms with Gasteiger partial charge in [-0.25, -0.2) is 0 Å². The van der Waals surface area contributed by atoms with E-state index in [1.54, 1.807) is 0 Å². The molecule has 108 valence electrons. The first kappa shape index (κ1) is 14.7. The third-order valence-electron chi connectivity index (χ3n) is 4.52. The molecule has 1 aromatic carbocycles. The molecule has 2 heteroatoms. The Balaban J connectivity index is 2.51. The summed E-state index contributed by atoms with van der Waals surface area (Å²) in [6.45, 7) is 15.0. The fourth-order valence-corrected chi connectivity index (χ4v) is 3.00. The van der Waals surface area contributed by atoms with Crippen LogP contribution < -0.4 is 10.6 Å². The molecule has 0 saturated heterocycles. The van der Waals surface area contributed by atoms with Crippen molar-refractivity contribution in [2.24, 2.45) is 11.8 Å². The molecule has 1 unspecified atom stereocenters. The Morgan fingerprint density at radius 2 is 2.10 bits per heavy atom. The van der Waals surface area contributed by atoms with E-state index in [1.807, 2.05) is 0 Å². The van der Waals surface area contributed by atoms with Crippen LogP contribution in [0.5, 0.6) is 0 Å². The maximum Gasteiger partial charge on any atom is 0.0445 e. The number of nitrogens with zero attached hydrogens (tertiary/aromatic N) is 1. The molecular weight excluding hydrogens is 244 g/mol. The summed E-state index contributed by atoms with van der Waals surface area (Å²) in [5.41, 5.74) is 13.0. The number of allylic oxidation sites excluding steroid dienone is 2. The molecule has 0 bridgehead atoms. The van der Waals surface area contributed by atoms with Crippen LogP contribution in [0.15, 0.2) is 31.0 Å². The van der Waals surface area contributed by atoms with E-state index in [-0.39, 0.29) is 0 Å². The van der Waals surface area contributed by atoms with Crippen molar-refractivity contribution in [2.45, 2.75) is 33.6 Å². The lowest BCUT2D eigenvalue weighted by atomic mass is 9.81. The van der Waals surface area contributed by atoms with Crippen molar-refractivity contribution in [1.82, 2.24) is 0 Å². The van der Waals surface area contributed by atoms with Crippen molar-refractivity contribution in [1.29, 1.82) is 0 Å². The normalized spacial score (nSPS) is 18.4. The van der Waals surface area contributed by atoms with E-state index in [0.717, 1.165) is 29.7 Å². The average molecular weight is 270 g/mol. The molecule has 2 rings (SSSR count). The zero-order chi connectivity index (χ0) is 15.0. The van der Waals surface area contributed by atoms with Gasteiger partial charge in [0.05, 0.1) is 0 Å². The summed E-state index contributed by atoms with van der Waals surface area (Å²) < 4.78 is 0. The highest BCUT2D eigenvalue weighted by Gasteiger charge is 2.28. The summed E-state index contributed by atoms with van der Waals surface area (Å²) in [6.07, 6.45) is 1.95. The van der Waals surface area contributed by atoms with Crippen molar-refractivity contribution in [3.63, 3.8) is 0 Å². The Kier molecular flexibility index (Phi) is 3.94. The van der Waals surface area contributed by atoms with Crippen molar-refractivity contribution < 1.29 is 0 Å². The molecule has 2 nitrogen and oxygen atoms in total. The molecule has 1 aliphatic heterocycles. The summed E-state index contributed by atoms with van der Waals surface area (Å²) in [5, 5.41) is 0. The molecule has 1 aliphatic rings. The van der Waals surface area contributed by atoms with Crippen molar-refractivity contribution in [3.8, 4) is 0 Å².